The van der Waals surface area contributed by atoms with Gasteiger partial charge in [-0.1, -0.05) is 66.7 Å². The number of sulfonamides is 1. The molecule has 0 heterocycles. The molecule has 0 saturated carbocycles. The fourth-order valence-corrected chi connectivity index (χ4v) is 3.70. The molecule has 0 aliphatic carbocycles. The van der Waals surface area contributed by atoms with Crippen LogP contribution in [0.3, 0.4) is 0 Å². The van der Waals surface area contributed by atoms with Gasteiger partial charge in [-0.15, -0.1) is 0 Å². The Labute approximate surface area is 159 Å². The highest BCUT2D eigenvalue weighted by Crippen LogP contribution is 2.18. The topological polar surface area (TPSA) is 75.3 Å². The first-order chi connectivity index (χ1) is 13.0. The fraction of sp³-hybridized carbons (Fsp3) is 0.190. The molecule has 3 rings (SSSR count). The van der Waals surface area contributed by atoms with Crippen molar-refractivity contribution >= 4 is 26.7 Å². The molecule has 3 aromatic carbocycles. The fourth-order valence-electron chi connectivity index (χ4n) is 2.93. The maximum atomic E-state index is 12.3. The van der Waals surface area contributed by atoms with Crippen LogP contribution < -0.4 is 10.0 Å². The molecule has 0 aromatic heterocycles. The van der Waals surface area contributed by atoms with Crippen LogP contribution in [0.15, 0.2) is 66.7 Å². The van der Waals surface area contributed by atoms with Crippen molar-refractivity contribution in [2.24, 2.45) is 0 Å². The minimum Gasteiger partial charge on any atom is -0.352 e. The van der Waals surface area contributed by atoms with Crippen molar-refractivity contribution in [3.05, 3.63) is 83.4 Å². The van der Waals surface area contributed by atoms with E-state index in [2.05, 4.69) is 10.0 Å². The number of rotatable bonds is 7. The molecule has 5 nitrogen and oxygen atoms in total. The van der Waals surface area contributed by atoms with E-state index < -0.39 is 10.0 Å². The summed E-state index contributed by atoms with van der Waals surface area (Å²) < 4.78 is 25.4. The number of hydrogen-bond donors (Lipinski definition) is 2. The van der Waals surface area contributed by atoms with Crippen LogP contribution in [0.1, 0.15) is 16.7 Å². The van der Waals surface area contributed by atoms with Gasteiger partial charge in [-0.2, -0.15) is 0 Å². The van der Waals surface area contributed by atoms with E-state index in [1.54, 1.807) is 12.1 Å². The third-order valence-electron chi connectivity index (χ3n) is 4.41. The lowest BCUT2D eigenvalue weighted by molar-refractivity contribution is -0.120. The van der Waals surface area contributed by atoms with Gasteiger partial charge >= 0.3 is 0 Å². The molecule has 0 atom stereocenters. The second-order valence-corrected chi connectivity index (χ2v) is 8.30. The third-order valence-corrected chi connectivity index (χ3v) is 5.75. The molecule has 0 fully saturated rings. The van der Waals surface area contributed by atoms with Gasteiger partial charge in [0.1, 0.15) is 0 Å². The van der Waals surface area contributed by atoms with Gasteiger partial charge in [-0.25, -0.2) is 13.1 Å². The lowest BCUT2D eigenvalue weighted by Crippen LogP contribution is -2.24. The van der Waals surface area contributed by atoms with E-state index in [1.165, 1.54) is 7.05 Å². The zero-order valence-electron chi connectivity index (χ0n) is 15.1. The van der Waals surface area contributed by atoms with E-state index >= 15 is 0 Å². The molecular weight excluding hydrogens is 360 g/mol. The zero-order chi connectivity index (χ0) is 19.3. The van der Waals surface area contributed by atoms with Crippen molar-refractivity contribution in [1.82, 2.24) is 10.0 Å². The van der Waals surface area contributed by atoms with E-state index in [1.807, 2.05) is 54.6 Å². The van der Waals surface area contributed by atoms with Crippen LogP contribution in [0.5, 0.6) is 0 Å². The van der Waals surface area contributed by atoms with Crippen molar-refractivity contribution in [3.8, 4) is 0 Å². The average molecular weight is 382 g/mol. The second-order valence-electron chi connectivity index (χ2n) is 6.37. The molecule has 27 heavy (non-hydrogen) atoms. The molecule has 1 amide bonds. The molecular formula is C21H22N2O3S. The highest BCUT2D eigenvalue weighted by atomic mass is 32.2. The minimum absolute atomic E-state index is 0.0480. The standard InChI is InChI=1S/C21H22N2O3S/c1-22-27(25,26)15-17-11-9-16(10-12-17)14-23-21(24)13-19-7-4-6-18-5-2-3-8-20(18)19/h2-12,22H,13-15H2,1H3,(H,23,24). The molecule has 3 aromatic rings. The number of benzene rings is 3. The van der Waals surface area contributed by atoms with Gasteiger partial charge in [0.05, 0.1) is 12.2 Å². The molecule has 0 spiro atoms. The number of carbonyl (C=O) groups excluding carboxylic acids is 1. The number of hydrogen-bond acceptors (Lipinski definition) is 3. The van der Waals surface area contributed by atoms with Gasteiger partial charge in [0, 0.05) is 6.54 Å². The van der Waals surface area contributed by atoms with Gasteiger partial charge < -0.3 is 5.32 Å². The summed E-state index contributed by atoms with van der Waals surface area (Å²) in [6.07, 6.45) is 0.319. The Morgan fingerprint density at radius 2 is 1.56 bits per heavy atom. The summed E-state index contributed by atoms with van der Waals surface area (Å²) >= 11 is 0. The Kier molecular flexibility index (Phi) is 5.88. The Hall–Kier alpha value is -2.70. The van der Waals surface area contributed by atoms with Crippen molar-refractivity contribution in [2.75, 3.05) is 7.05 Å². The Balaban J connectivity index is 1.59. The zero-order valence-corrected chi connectivity index (χ0v) is 15.9. The smallest absolute Gasteiger partial charge is 0.224 e. The van der Waals surface area contributed by atoms with E-state index in [0.29, 0.717) is 18.5 Å². The number of fused-ring (bicyclic) bond motifs is 1. The van der Waals surface area contributed by atoms with Crippen LogP contribution in [-0.2, 0) is 33.5 Å². The van der Waals surface area contributed by atoms with Gasteiger partial charge in [-0.3, -0.25) is 4.79 Å². The highest BCUT2D eigenvalue weighted by molar-refractivity contribution is 7.88. The molecule has 0 saturated heterocycles. The SMILES string of the molecule is CNS(=O)(=O)Cc1ccc(CNC(=O)Cc2cccc3ccccc23)cc1. The molecule has 0 aliphatic heterocycles. The monoisotopic (exact) mass is 382 g/mol. The second kappa shape index (κ2) is 8.33. The first-order valence-corrected chi connectivity index (χ1v) is 10.3. The Morgan fingerprint density at radius 1 is 0.889 bits per heavy atom. The van der Waals surface area contributed by atoms with E-state index in [0.717, 1.165) is 21.9 Å². The minimum atomic E-state index is -3.28. The molecule has 0 aliphatic rings. The maximum absolute atomic E-state index is 12.3. The third kappa shape index (κ3) is 5.15. The van der Waals surface area contributed by atoms with Crippen molar-refractivity contribution in [1.29, 1.82) is 0 Å². The Bertz CT molecular complexity index is 1040. The molecule has 140 valence electrons. The van der Waals surface area contributed by atoms with Crippen LogP contribution in [0, 0.1) is 0 Å². The quantitative estimate of drug-likeness (QED) is 0.660. The van der Waals surface area contributed by atoms with E-state index in [9.17, 15) is 13.2 Å². The first kappa shape index (κ1) is 19.1. The summed E-state index contributed by atoms with van der Waals surface area (Å²) in [4.78, 5) is 12.3. The number of amides is 1. The Morgan fingerprint density at radius 3 is 2.30 bits per heavy atom. The highest BCUT2D eigenvalue weighted by Gasteiger charge is 2.09. The molecule has 0 radical (unpaired) electrons. The maximum Gasteiger partial charge on any atom is 0.224 e. The summed E-state index contributed by atoms with van der Waals surface area (Å²) in [6, 6.07) is 21.2. The van der Waals surface area contributed by atoms with Crippen LogP contribution in [0.4, 0.5) is 0 Å². The van der Waals surface area contributed by atoms with E-state index in [-0.39, 0.29) is 11.7 Å². The predicted octanol–water partition coefficient (Wildman–Crippen LogP) is 2.75. The lowest BCUT2D eigenvalue weighted by Gasteiger charge is -2.09. The molecule has 6 heteroatoms. The van der Waals surface area contributed by atoms with Crippen molar-refractivity contribution < 1.29 is 13.2 Å². The summed E-state index contributed by atoms with van der Waals surface area (Å²) in [5.41, 5.74) is 2.63. The van der Waals surface area contributed by atoms with Crippen molar-refractivity contribution in [3.63, 3.8) is 0 Å². The molecule has 0 unspecified atom stereocenters. The summed E-state index contributed by atoms with van der Waals surface area (Å²) in [5.74, 6) is -0.106. The first-order valence-electron chi connectivity index (χ1n) is 8.69. The summed E-state index contributed by atoms with van der Waals surface area (Å²) in [6.45, 7) is 0.405. The largest absolute Gasteiger partial charge is 0.352 e. The number of carbonyl (C=O) groups is 1. The van der Waals surface area contributed by atoms with Gasteiger partial charge in [0.15, 0.2) is 0 Å². The summed E-state index contributed by atoms with van der Waals surface area (Å²) in [7, 11) is -1.89. The normalized spacial score (nSPS) is 11.4. The van der Waals surface area contributed by atoms with Crippen LogP contribution in [-0.4, -0.2) is 21.4 Å². The molecule has 0 bridgehead atoms. The van der Waals surface area contributed by atoms with Crippen LogP contribution in [0.25, 0.3) is 10.8 Å². The van der Waals surface area contributed by atoms with Gasteiger partial charge in [0.25, 0.3) is 0 Å². The summed E-state index contributed by atoms with van der Waals surface area (Å²) in [5, 5.41) is 5.13. The number of nitrogens with one attached hydrogen (secondary N) is 2. The van der Waals surface area contributed by atoms with Crippen molar-refractivity contribution in [2.45, 2.75) is 18.7 Å². The van der Waals surface area contributed by atoms with E-state index in [4.69, 9.17) is 0 Å². The lowest BCUT2D eigenvalue weighted by atomic mass is 10.0. The van der Waals surface area contributed by atoms with Gasteiger partial charge in [0.2, 0.25) is 15.9 Å². The molecule has 2 N–H and O–H groups in total. The van der Waals surface area contributed by atoms with Crippen LogP contribution >= 0.6 is 0 Å². The predicted molar refractivity (Wildman–Crippen MR) is 108 cm³/mol. The average Bonchev–Trinajstić information content (AvgIpc) is 2.67. The van der Waals surface area contributed by atoms with Gasteiger partial charge in [-0.05, 0) is 34.5 Å². The van der Waals surface area contributed by atoms with Crippen LogP contribution in [0.2, 0.25) is 0 Å².